The lowest BCUT2D eigenvalue weighted by molar-refractivity contribution is 0.188. The Morgan fingerprint density at radius 3 is 2.75 bits per heavy atom. The minimum absolute atomic E-state index is 0.0136. The van der Waals surface area contributed by atoms with Gasteiger partial charge < -0.3 is 5.32 Å². The average Bonchev–Trinajstić information content (AvgIpc) is 3.39. The molecule has 4 rings (SSSR count). The van der Waals surface area contributed by atoms with Crippen molar-refractivity contribution in [3.8, 4) is 0 Å². The number of likely N-dealkylation sites (tertiary alicyclic amines) is 1. The maximum Gasteiger partial charge on any atom is 0.258 e. The maximum atomic E-state index is 12.3. The number of fused-ring (bicyclic) bond motifs is 1. The second kappa shape index (κ2) is 6.65. The van der Waals surface area contributed by atoms with Gasteiger partial charge in [-0.2, -0.15) is 0 Å². The fraction of sp³-hybridized carbons (Fsp3) is 0.579. The van der Waals surface area contributed by atoms with Gasteiger partial charge in [0.15, 0.2) is 0 Å². The molecule has 2 aromatic heterocycles. The molecule has 0 radical (unpaired) electrons. The maximum absolute atomic E-state index is 12.3. The first-order valence-electron chi connectivity index (χ1n) is 9.12. The van der Waals surface area contributed by atoms with Crippen molar-refractivity contribution in [1.29, 1.82) is 0 Å². The second-order valence-electron chi connectivity index (χ2n) is 7.42. The summed E-state index contributed by atoms with van der Waals surface area (Å²) in [5.41, 5.74) is 2.71. The van der Waals surface area contributed by atoms with E-state index in [0.29, 0.717) is 6.04 Å². The third kappa shape index (κ3) is 3.68. The molecular formula is C19H26N4O. The molecule has 1 aliphatic heterocycles. The number of pyridine rings is 1. The van der Waals surface area contributed by atoms with Crippen LogP contribution in [0.3, 0.4) is 0 Å². The highest BCUT2D eigenvalue weighted by molar-refractivity contribution is 5.39. The highest BCUT2D eigenvalue weighted by Crippen LogP contribution is 2.28. The van der Waals surface area contributed by atoms with Gasteiger partial charge in [0.2, 0.25) is 0 Å². The molecule has 0 aromatic carbocycles. The van der Waals surface area contributed by atoms with Crippen LogP contribution in [-0.2, 0) is 6.54 Å². The molecule has 1 aliphatic carbocycles. The van der Waals surface area contributed by atoms with Crippen LogP contribution in [0.25, 0.3) is 5.65 Å². The number of hydrogen-bond donors (Lipinski definition) is 1. The van der Waals surface area contributed by atoms with Crippen molar-refractivity contribution in [1.82, 2.24) is 19.6 Å². The Morgan fingerprint density at radius 2 is 2.00 bits per heavy atom. The number of rotatable bonds is 5. The van der Waals surface area contributed by atoms with Gasteiger partial charge in [-0.15, -0.1) is 0 Å². The predicted molar refractivity (Wildman–Crippen MR) is 95.2 cm³/mol. The van der Waals surface area contributed by atoms with E-state index < -0.39 is 0 Å². The zero-order chi connectivity index (χ0) is 16.5. The Bertz CT molecular complexity index is 773. The molecular weight excluding hydrogens is 300 g/mol. The number of piperidine rings is 1. The molecule has 5 nitrogen and oxygen atoms in total. The van der Waals surface area contributed by atoms with Crippen LogP contribution in [0.15, 0.2) is 29.2 Å². The number of hydrogen-bond acceptors (Lipinski definition) is 4. The average molecular weight is 326 g/mol. The lowest BCUT2D eigenvalue weighted by Gasteiger charge is -2.32. The van der Waals surface area contributed by atoms with E-state index in [0.717, 1.165) is 42.5 Å². The quantitative estimate of drug-likeness (QED) is 0.913. The summed E-state index contributed by atoms with van der Waals surface area (Å²) in [5.74, 6) is 0.946. The molecule has 128 valence electrons. The SMILES string of the molecule is Cc1ccc2nc(CN3CCC(NCC4CC4)CC3)cc(=O)n2c1. The van der Waals surface area contributed by atoms with E-state index >= 15 is 0 Å². The fourth-order valence-corrected chi connectivity index (χ4v) is 3.52. The smallest absolute Gasteiger partial charge is 0.258 e. The molecule has 2 fully saturated rings. The van der Waals surface area contributed by atoms with E-state index in [1.165, 1.54) is 32.2 Å². The van der Waals surface area contributed by atoms with Crippen LogP contribution >= 0.6 is 0 Å². The van der Waals surface area contributed by atoms with Crippen LogP contribution in [-0.4, -0.2) is 40.0 Å². The zero-order valence-corrected chi connectivity index (χ0v) is 14.4. The Labute approximate surface area is 142 Å². The van der Waals surface area contributed by atoms with E-state index in [4.69, 9.17) is 0 Å². The van der Waals surface area contributed by atoms with Crippen molar-refractivity contribution in [2.75, 3.05) is 19.6 Å². The first-order chi connectivity index (χ1) is 11.7. The molecule has 1 saturated heterocycles. The molecule has 0 amide bonds. The van der Waals surface area contributed by atoms with Crippen LogP contribution in [0, 0.1) is 12.8 Å². The Morgan fingerprint density at radius 1 is 1.21 bits per heavy atom. The van der Waals surface area contributed by atoms with Gasteiger partial charge in [-0.1, -0.05) is 6.07 Å². The van der Waals surface area contributed by atoms with Gasteiger partial charge in [0.05, 0.1) is 5.69 Å². The summed E-state index contributed by atoms with van der Waals surface area (Å²) in [5, 5.41) is 3.71. The molecule has 24 heavy (non-hydrogen) atoms. The van der Waals surface area contributed by atoms with Crippen molar-refractivity contribution in [2.24, 2.45) is 5.92 Å². The molecule has 1 N–H and O–H groups in total. The van der Waals surface area contributed by atoms with Crippen LogP contribution in [0.1, 0.15) is 36.9 Å². The van der Waals surface area contributed by atoms with Gasteiger partial charge >= 0.3 is 0 Å². The van der Waals surface area contributed by atoms with Crippen molar-refractivity contribution in [3.63, 3.8) is 0 Å². The first kappa shape index (κ1) is 15.8. The van der Waals surface area contributed by atoms with Crippen LogP contribution in [0.2, 0.25) is 0 Å². The Hall–Kier alpha value is -1.72. The van der Waals surface area contributed by atoms with Crippen molar-refractivity contribution in [2.45, 2.75) is 45.2 Å². The highest BCUT2D eigenvalue weighted by Gasteiger charge is 2.24. The third-order valence-electron chi connectivity index (χ3n) is 5.23. The Balaban J connectivity index is 1.38. The van der Waals surface area contributed by atoms with Gasteiger partial charge in [0.1, 0.15) is 5.65 Å². The molecule has 0 bridgehead atoms. The van der Waals surface area contributed by atoms with Gasteiger partial charge in [0.25, 0.3) is 5.56 Å². The largest absolute Gasteiger partial charge is 0.314 e. The van der Waals surface area contributed by atoms with E-state index in [1.54, 1.807) is 10.5 Å². The molecule has 2 aromatic rings. The van der Waals surface area contributed by atoms with E-state index in [-0.39, 0.29) is 5.56 Å². The summed E-state index contributed by atoms with van der Waals surface area (Å²) in [7, 11) is 0. The highest BCUT2D eigenvalue weighted by atomic mass is 16.1. The number of aryl methyl sites for hydroxylation is 1. The minimum Gasteiger partial charge on any atom is -0.314 e. The first-order valence-corrected chi connectivity index (χ1v) is 9.12. The normalized spacial score (nSPS) is 19.9. The molecule has 2 aliphatic rings. The summed E-state index contributed by atoms with van der Waals surface area (Å²) in [4.78, 5) is 19.4. The minimum atomic E-state index is 0.0136. The number of aromatic nitrogens is 2. The molecule has 0 spiro atoms. The zero-order valence-electron chi connectivity index (χ0n) is 14.4. The van der Waals surface area contributed by atoms with Crippen molar-refractivity contribution >= 4 is 5.65 Å². The summed E-state index contributed by atoms with van der Waals surface area (Å²) < 4.78 is 1.63. The molecule has 3 heterocycles. The Kier molecular flexibility index (Phi) is 4.37. The second-order valence-corrected chi connectivity index (χ2v) is 7.42. The monoisotopic (exact) mass is 326 g/mol. The van der Waals surface area contributed by atoms with Gasteiger partial charge in [-0.25, -0.2) is 4.98 Å². The van der Waals surface area contributed by atoms with Crippen molar-refractivity contribution < 1.29 is 0 Å². The van der Waals surface area contributed by atoms with E-state index in [9.17, 15) is 4.79 Å². The standard InChI is InChI=1S/C19H26N4O/c1-14-2-5-18-21-17(10-19(24)23(18)12-14)13-22-8-6-16(7-9-22)20-11-15-3-4-15/h2,5,10,12,15-16,20H,3-4,6-9,11,13H2,1H3. The summed E-state index contributed by atoms with van der Waals surface area (Å²) >= 11 is 0. The van der Waals surface area contributed by atoms with E-state index in [1.807, 2.05) is 25.3 Å². The number of nitrogens with one attached hydrogen (secondary N) is 1. The molecule has 0 unspecified atom stereocenters. The molecule has 1 saturated carbocycles. The van der Waals surface area contributed by atoms with Crippen molar-refractivity contribution in [3.05, 3.63) is 46.0 Å². The predicted octanol–water partition coefficient (Wildman–Crippen LogP) is 1.97. The molecule has 0 atom stereocenters. The van der Waals surface area contributed by atoms with Gasteiger partial charge in [-0.3, -0.25) is 14.1 Å². The number of nitrogens with zero attached hydrogens (tertiary/aromatic N) is 3. The summed E-state index contributed by atoms with van der Waals surface area (Å²) in [6.07, 6.45) is 7.06. The van der Waals surface area contributed by atoms with Gasteiger partial charge in [-0.05, 0) is 56.7 Å². The topological polar surface area (TPSA) is 49.6 Å². The summed E-state index contributed by atoms with van der Waals surface area (Å²) in [6, 6.07) is 6.28. The lowest BCUT2D eigenvalue weighted by Crippen LogP contribution is -2.42. The van der Waals surface area contributed by atoms with Crippen LogP contribution < -0.4 is 10.9 Å². The summed E-state index contributed by atoms with van der Waals surface area (Å²) in [6.45, 7) is 6.12. The molecule has 5 heteroatoms. The van der Waals surface area contributed by atoms with E-state index in [2.05, 4.69) is 15.2 Å². The third-order valence-corrected chi connectivity index (χ3v) is 5.23. The van der Waals surface area contributed by atoms with Crippen LogP contribution in [0.4, 0.5) is 0 Å². The fourth-order valence-electron chi connectivity index (χ4n) is 3.52. The van der Waals surface area contributed by atoms with Crippen LogP contribution in [0.5, 0.6) is 0 Å². The van der Waals surface area contributed by atoms with Gasteiger partial charge in [0, 0.05) is 37.9 Å². The lowest BCUT2D eigenvalue weighted by atomic mass is 10.0.